The Morgan fingerprint density at radius 2 is 2.31 bits per heavy atom. The average molecular weight is 244 g/mol. The van der Waals surface area contributed by atoms with Gasteiger partial charge in [-0.2, -0.15) is 0 Å². The third kappa shape index (κ3) is 1.72. The molecule has 0 aromatic heterocycles. The first kappa shape index (κ1) is 8.69. The zero-order valence-corrected chi connectivity index (χ0v) is 8.34. The van der Waals surface area contributed by atoms with Crippen LogP contribution in [0.4, 0.5) is 4.39 Å². The average Bonchev–Trinajstić information content (AvgIpc) is 2.61. The van der Waals surface area contributed by atoms with Gasteiger partial charge in [0.05, 0.1) is 12.1 Å². The Bertz CT molecular complexity index is 365. The van der Waals surface area contributed by atoms with Gasteiger partial charge in [-0.25, -0.2) is 9.38 Å². The van der Waals surface area contributed by atoms with Gasteiger partial charge in [0.15, 0.2) is 0 Å². The lowest BCUT2D eigenvalue weighted by Crippen LogP contribution is -2.02. The lowest BCUT2D eigenvalue weighted by atomic mass is 10.2. The van der Waals surface area contributed by atoms with Gasteiger partial charge < -0.3 is 4.74 Å². The highest BCUT2D eigenvalue weighted by molar-refractivity contribution is 9.10. The second kappa shape index (κ2) is 3.46. The molecule has 0 bridgehead atoms. The summed E-state index contributed by atoms with van der Waals surface area (Å²) in [5, 5.41) is 0. The van der Waals surface area contributed by atoms with Crippen molar-refractivity contribution in [2.45, 2.75) is 0 Å². The quantitative estimate of drug-likeness (QED) is 0.743. The molecule has 4 heteroatoms. The summed E-state index contributed by atoms with van der Waals surface area (Å²) in [6.07, 6.45) is 0. The van der Waals surface area contributed by atoms with Gasteiger partial charge in [-0.1, -0.05) is 0 Å². The smallest absolute Gasteiger partial charge is 0.217 e. The zero-order valence-electron chi connectivity index (χ0n) is 6.76. The van der Waals surface area contributed by atoms with Gasteiger partial charge in [-0.15, -0.1) is 0 Å². The van der Waals surface area contributed by atoms with E-state index in [4.69, 9.17) is 4.74 Å². The molecule has 1 aromatic carbocycles. The highest BCUT2D eigenvalue weighted by Gasteiger charge is 2.13. The standard InChI is InChI=1S/C9H7BrFNO/c10-8-2-1-6(11)5-7(8)9-12-3-4-13-9/h1-2,5H,3-4H2. The maximum absolute atomic E-state index is 12.9. The number of hydrogen-bond acceptors (Lipinski definition) is 2. The molecular formula is C9H7BrFNO. The van der Waals surface area contributed by atoms with Crippen molar-refractivity contribution >= 4 is 21.8 Å². The first-order chi connectivity index (χ1) is 6.27. The fraction of sp³-hybridized carbons (Fsp3) is 0.222. The maximum atomic E-state index is 12.9. The second-order valence-electron chi connectivity index (χ2n) is 2.66. The third-order valence-corrected chi connectivity index (χ3v) is 2.44. The van der Waals surface area contributed by atoms with Crippen LogP contribution in [0.1, 0.15) is 5.56 Å². The van der Waals surface area contributed by atoms with Crippen LogP contribution < -0.4 is 0 Å². The minimum atomic E-state index is -0.281. The molecule has 0 spiro atoms. The fourth-order valence-electron chi connectivity index (χ4n) is 1.16. The van der Waals surface area contributed by atoms with E-state index in [9.17, 15) is 4.39 Å². The van der Waals surface area contributed by atoms with Crippen molar-refractivity contribution in [3.63, 3.8) is 0 Å². The van der Waals surface area contributed by atoms with E-state index in [2.05, 4.69) is 20.9 Å². The zero-order chi connectivity index (χ0) is 9.26. The molecule has 68 valence electrons. The number of ether oxygens (including phenoxy) is 1. The van der Waals surface area contributed by atoms with E-state index in [1.54, 1.807) is 6.07 Å². The van der Waals surface area contributed by atoms with Gasteiger partial charge in [0.25, 0.3) is 0 Å². The van der Waals surface area contributed by atoms with Crippen molar-refractivity contribution in [2.24, 2.45) is 4.99 Å². The minimum Gasteiger partial charge on any atom is -0.475 e. The summed E-state index contributed by atoms with van der Waals surface area (Å²) in [5.41, 5.74) is 0.678. The topological polar surface area (TPSA) is 21.6 Å². The summed E-state index contributed by atoms with van der Waals surface area (Å²) in [7, 11) is 0. The number of nitrogens with zero attached hydrogens (tertiary/aromatic N) is 1. The van der Waals surface area contributed by atoms with E-state index in [0.717, 1.165) is 4.47 Å². The Hall–Kier alpha value is -0.900. The molecular weight excluding hydrogens is 237 g/mol. The molecule has 13 heavy (non-hydrogen) atoms. The van der Waals surface area contributed by atoms with Crippen LogP contribution >= 0.6 is 15.9 Å². The van der Waals surface area contributed by atoms with Crippen LogP contribution in [0.15, 0.2) is 27.7 Å². The van der Waals surface area contributed by atoms with Gasteiger partial charge in [0, 0.05) is 4.47 Å². The minimum absolute atomic E-state index is 0.281. The summed E-state index contributed by atoms with van der Waals surface area (Å²) in [6, 6.07) is 4.45. The Kier molecular flexibility index (Phi) is 2.31. The molecule has 0 fully saturated rings. The van der Waals surface area contributed by atoms with Crippen LogP contribution in [-0.2, 0) is 4.74 Å². The van der Waals surface area contributed by atoms with Crippen molar-refractivity contribution in [3.05, 3.63) is 34.1 Å². The van der Waals surface area contributed by atoms with E-state index in [1.165, 1.54) is 12.1 Å². The number of halogens is 2. The van der Waals surface area contributed by atoms with Crippen molar-refractivity contribution < 1.29 is 9.13 Å². The monoisotopic (exact) mass is 243 g/mol. The van der Waals surface area contributed by atoms with E-state index >= 15 is 0 Å². The predicted octanol–water partition coefficient (Wildman–Crippen LogP) is 2.37. The Morgan fingerprint density at radius 1 is 1.46 bits per heavy atom. The van der Waals surface area contributed by atoms with E-state index in [1.807, 2.05) is 0 Å². The van der Waals surface area contributed by atoms with E-state index in [0.29, 0.717) is 24.6 Å². The molecule has 0 atom stereocenters. The van der Waals surface area contributed by atoms with Crippen LogP contribution in [0.5, 0.6) is 0 Å². The molecule has 1 aromatic rings. The first-order valence-electron chi connectivity index (χ1n) is 3.90. The molecule has 0 amide bonds. The van der Waals surface area contributed by atoms with E-state index < -0.39 is 0 Å². The normalized spacial score (nSPS) is 15.4. The molecule has 1 aliphatic rings. The highest BCUT2D eigenvalue weighted by atomic mass is 79.9. The summed E-state index contributed by atoms with van der Waals surface area (Å²) in [5.74, 6) is 0.239. The molecule has 2 nitrogen and oxygen atoms in total. The van der Waals surface area contributed by atoms with Gasteiger partial charge in [-0.05, 0) is 34.1 Å². The molecule has 1 aliphatic heterocycles. The number of rotatable bonds is 1. The maximum Gasteiger partial charge on any atom is 0.217 e. The van der Waals surface area contributed by atoms with Gasteiger partial charge in [0.1, 0.15) is 12.4 Å². The van der Waals surface area contributed by atoms with Gasteiger partial charge in [0.2, 0.25) is 5.90 Å². The number of hydrogen-bond donors (Lipinski definition) is 0. The van der Waals surface area contributed by atoms with Crippen LogP contribution in [0.25, 0.3) is 0 Å². The number of benzene rings is 1. The van der Waals surface area contributed by atoms with Gasteiger partial charge in [-0.3, -0.25) is 0 Å². The van der Waals surface area contributed by atoms with Gasteiger partial charge >= 0.3 is 0 Å². The van der Waals surface area contributed by atoms with Crippen LogP contribution in [0.3, 0.4) is 0 Å². The van der Waals surface area contributed by atoms with Crippen molar-refractivity contribution in [2.75, 3.05) is 13.2 Å². The molecule has 0 radical (unpaired) electrons. The van der Waals surface area contributed by atoms with Crippen LogP contribution in [0.2, 0.25) is 0 Å². The summed E-state index contributed by atoms with van der Waals surface area (Å²) >= 11 is 3.31. The van der Waals surface area contributed by atoms with Crippen molar-refractivity contribution in [1.82, 2.24) is 0 Å². The van der Waals surface area contributed by atoms with Crippen LogP contribution in [0, 0.1) is 5.82 Å². The lowest BCUT2D eigenvalue weighted by molar-refractivity contribution is 0.348. The molecule has 1 heterocycles. The molecule has 2 rings (SSSR count). The molecule has 0 saturated carbocycles. The second-order valence-corrected chi connectivity index (χ2v) is 3.51. The SMILES string of the molecule is Fc1ccc(Br)c(C2=NCCO2)c1. The highest BCUT2D eigenvalue weighted by Crippen LogP contribution is 2.20. The molecule has 0 aliphatic carbocycles. The Morgan fingerprint density at radius 3 is 3.00 bits per heavy atom. The van der Waals surface area contributed by atoms with Crippen LogP contribution in [-0.4, -0.2) is 19.0 Å². The first-order valence-corrected chi connectivity index (χ1v) is 4.69. The summed E-state index contributed by atoms with van der Waals surface area (Å²) < 4.78 is 18.9. The molecule has 0 saturated heterocycles. The summed E-state index contributed by atoms with van der Waals surface area (Å²) in [6.45, 7) is 1.23. The summed E-state index contributed by atoms with van der Waals surface area (Å²) in [4.78, 5) is 4.11. The van der Waals surface area contributed by atoms with Crippen molar-refractivity contribution in [3.8, 4) is 0 Å². The Labute approximate surface area is 83.6 Å². The predicted molar refractivity (Wildman–Crippen MR) is 51.5 cm³/mol. The largest absolute Gasteiger partial charge is 0.475 e. The van der Waals surface area contributed by atoms with E-state index in [-0.39, 0.29) is 5.82 Å². The lowest BCUT2D eigenvalue weighted by Gasteiger charge is -2.03. The Balaban J connectivity index is 2.43. The third-order valence-electron chi connectivity index (χ3n) is 1.74. The fourth-order valence-corrected chi connectivity index (χ4v) is 1.58. The van der Waals surface area contributed by atoms with Crippen molar-refractivity contribution in [1.29, 1.82) is 0 Å². The number of aliphatic imine (C=N–C) groups is 1. The molecule has 0 N–H and O–H groups in total. The molecule has 0 unspecified atom stereocenters.